The first-order valence-corrected chi connectivity index (χ1v) is 8.33. The van der Waals surface area contributed by atoms with Gasteiger partial charge in [0.25, 0.3) is 0 Å². The lowest BCUT2D eigenvalue weighted by Crippen LogP contribution is -2.37. The molecule has 1 aliphatic rings. The molecule has 0 spiro atoms. The van der Waals surface area contributed by atoms with Gasteiger partial charge in [0.1, 0.15) is 4.90 Å². The first-order chi connectivity index (χ1) is 8.50. The minimum Gasteiger partial charge on any atom is -0.313 e. The average molecular weight is 354 g/mol. The fourth-order valence-electron chi connectivity index (χ4n) is 1.95. The highest BCUT2D eigenvalue weighted by molar-refractivity contribution is 9.10. The zero-order valence-corrected chi connectivity index (χ0v) is 12.8. The number of hydrogen-bond donors (Lipinski definition) is 2. The molecule has 18 heavy (non-hydrogen) atoms. The van der Waals surface area contributed by atoms with Crippen LogP contribution in [-0.2, 0) is 10.0 Å². The molecule has 1 aromatic carbocycles. The van der Waals surface area contributed by atoms with Crippen LogP contribution >= 0.6 is 27.5 Å². The Labute approximate surface area is 120 Å². The number of nitrogens with one attached hydrogen (secondary N) is 2. The fraction of sp³-hybridized carbons (Fsp3) is 0.455. The lowest BCUT2D eigenvalue weighted by atomic mass is 10.2. The minimum absolute atomic E-state index is 0.102. The summed E-state index contributed by atoms with van der Waals surface area (Å²) in [4.78, 5) is 0.102. The maximum atomic E-state index is 12.2. The molecule has 0 bridgehead atoms. The quantitative estimate of drug-likeness (QED) is 0.872. The van der Waals surface area contributed by atoms with Crippen LogP contribution in [0.2, 0.25) is 5.02 Å². The van der Waals surface area contributed by atoms with E-state index in [4.69, 9.17) is 11.6 Å². The van der Waals surface area contributed by atoms with Gasteiger partial charge in [0.2, 0.25) is 10.0 Å². The van der Waals surface area contributed by atoms with Crippen LogP contribution in [0.3, 0.4) is 0 Å². The van der Waals surface area contributed by atoms with E-state index in [1.54, 1.807) is 18.2 Å². The van der Waals surface area contributed by atoms with Crippen LogP contribution < -0.4 is 10.0 Å². The van der Waals surface area contributed by atoms with Crippen LogP contribution in [0, 0.1) is 0 Å². The summed E-state index contributed by atoms with van der Waals surface area (Å²) in [6, 6.07) is 5.13. The minimum atomic E-state index is -3.58. The van der Waals surface area contributed by atoms with E-state index in [1.807, 2.05) is 0 Å². The molecule has 4 nitrogen and oxygen atoms in total. The molecule has 2 rings (SSSR count). The molecule has 1 saturated heterocycles. The van der Waals surface area contributed by atoms with Gasteiger partial charge in [0, 0.05) is 17.1 Å². The second-order valence-corrected chi connectivity index (χ2v) is 7.16. The smallest absolute Gasteiger partial charge is 0.243 e. The summed E-state index contributed by atoms with van der Waals surface area (Å²) in [6.45, 7) is 1.34. The molecule has 0 radical (unpaired) electrons. The van der Waals surface area contributed by atoms with E-state index in [2.05, 4.69) is 26.0 Å². The zero-order chi connectivity index (χ0) is 13.2. The Morgan fingerprint density at radius 3 is 2.89 bits per heavy atom. The third kappa shape index (κ3) is 3.24. The topological polar surface area (TPSA) is 58.2 Å². The maximum Gasteiger partial charge on any atom is 0.243 e. The largest absolute Gasteiger partial charge is 0.313 e. The highest BCUT2D eigenvalue weighted by Crippen LogP contribution is 2.29. The van der Waals surface area contributed by atoms with Gasteiger partial charge in [-0.3, -0.25) is 0 Å². The molecule has 0 aromatic heterocycles. The Morgan fingerprint density at radius 2 is 2.28 bits per heavy atom. The van der Waals surface area contributed by atoms with Gasteiger partial charge in [-0.25, -0.2) is 13.1 Å². The van der Waals surface area contributed by atoms with Crippen LogP contribution in [0.4, 0.5) is 0 Å². The van der Waals surface area contributed by atoms with Gasteiger partial charge in [-0.2, -0.15) is 0 Å². The van der Waals surface area contributed by atoms with Gasteiger partial charge in [0.05, 0.1) is 5.02 Å². The maximum absolute atomic E-state index is 12.2. The standard InChI is InChI=1S/C11H14BrClN2O2S/c12-9-4-1-5-10(13)11(9)18(16,17)15-7-8-3-2-6-14-8/h1,4-5,8,14-15H,2-3,6-7H2. The molecular weight excluding hydrogens is 340 g/mol. The van der Waals surface area contributed by atoms with Crippen LogP contribution in [0.5, 0.6) is 0 Å². The molecule has 100 valence electrons. The van der Waals surface area contributed by atoms with Gasteiger partial charge in [-0.1, -0.05) is 17.7 Å². The van der Waals surface area contributed by atoms with E-state index in [-0.39, 0.29) is 16.0 Å². The molecule has 0 amide bonds. The highest BCUT2D eigenvalue weighted by atomic mass is 79.9. The van der Waals surface area contributed by atoms with Gasteiger partial charge >= 0.3 is 0 Å². The van der Waals surface area contributed by atoms with Crippen LogP contribution in [0.1, 0.15) is 12.8 Å². The number of sulfonamides is 1. The number of benzene rings is 1. The number of halogens is 2. The second kappa shape index (κ2) is 5.88. The first kappa shape index (κ1) is 14.3. The summed E-state index contributed by atoms with van der Waals surface area (Å²) < 4.78 is 27.4. The van der Waals surface area contributed by atoms with Crippen molar-refractivity contribution in [1.29, 1.82) is 0 Å². The summed E-state index contributed by atoms with van der Waals surface area (Å²) in [7, 11) is -3.58. The molecule has 0 saturated carbocycles. The normalized spacial score (nSPS) is 20.2. The fourth-order valence-corrected chi connectivity index (χ4v) is 4.77. The van der Waals surface area contributed by atoms with Crippen LogP contribution in [-0.4, -0.2) is 27.5 Å². The van der Waals surface area contributed by atoms with Crippen molar-refractivity contribution < 1.29 is 8.42 Å². The molecule has 7 heteroatoms. The molecule has 1 fully saturated rings. The second-order valence-electron chi connectivity index (χ2n) is 4.20. The molecule has 1 unspecified atom stereocenters. The summed E-state index contributed by atoms with van der Waals surface area (Å²) in [5.41, 5.74) is 0. The van der Waals surface area contributed by atoms with Crippen molar-refractivity contribution in [1.82, 2.24) is 10.0 Å². The molecule has 0 aliphatic carbocycles. The molecule has 1 aromatic rings. The zero-order valence-electron chi connectivity index (χ0n) is 9.62. The summed E-state index contributed by atoms with van der Waals surface area (Å²) in [5, 5.41) is 3.46. The number of hydrogen-bond acceptors (Lipinski definition) is 3. The van der Waals surface area contributed by atoms with Crippen molar-refractivity contribution in [3.8, 4) is 0 Å². The number of rotatable bonds is 4. The summed E-state index contributed by atoms with van der Waals surface area (Å²) >= 11 is 9.16. The predicted octanol–water partition coefficient (Wildman–Crippen LogP) is 2.13. The van der Waals surface area contributed by atoms with Gasteiger partial charge in [0.15, 0.2) is 0 Å². The van der Waals surface area contributed by atoms with Crippen molar-refractivity contribution in [2.75, 3.05) is 13.1 Å². The Balaban J connectivity index is 2.15. The lowest BCUT2D eigenvalue weighted by molar-refractivity contribution is 0.551. The Bertz CT molecular complexity index is 510. The molecule has 1 aliphatic heterocycles. The van der Waals surface area contributed by atoms with Crippen LogP contribution in [0.15, 0.2) is 27.6 Å². The van der Waals surface area contributed by atoms with Crippen molar-refractivity contribution in [3.63, 3.8) is 0 Å². The van der Waals surface area contributed by atoms with E-state index in [0.717, 1.165) is 19.4 Å². The SMILES string of the molecule is O=S(=O)(NCC1CCCN1)c1c(Cl)cccc1Br. The highest BCUT2D eigenvalue weighted by Gasteiger charge is 2.23. The van der Waals surface area contributed by atoms with Gasteiger partial charge in [-0.05, 0) is 47.4 Å². The first-order valence-electron chi connectivity index (χ1n) is 5.68. The van der Waals surface area contributed by atoms with Crippen LogP contribution in [0.25, 0.3) is 0 Å². The van der Waals surface area contributed by atoms with E-state index < -0.39 is 10.0 Å². The van der Waals surface area contributed by atoms with Gasteiger partial charge < -0.3 is 5.32 Å². The molecule has 1 heterocycles. The van der Waals surface area contributed by atoms with Crippen molar-refractivity contribution in [2.45, 2.75) is 23.8 Å². The summed E-state index contributed by atoms with van der Waals surface area (Å²) in [5.74, 6) is 0. The summed E-state index contributed by atoms with van der Waals surface area (Å²) in [6.07, 6.45) is 2.08. The third-order valence-electron chi connectivity index (χ3n) is 2.87. The predicted molar refractivity (Wildman–Crippen MR) is 75.4 cm³/mol. The van der Waals surface area contributed by atoms with Gasteiger partial charge in [-0.15, -0.1) is 0 Å². The molecule has 2 N–H and O–H groups in total. The monoisotopic (exact) mass is 352 g/mol. The van der Waals surface area contributed by atoms with Crippen molar-refractivity contribution in [2.24, 2.45) is 0 Å². The van der Waals surface area contributed by atoms with Crippen molar-refractivity contribution >= 4 is 37.6 Å². The lowest BCUT2D eigenvalue weighted by Gasteiger charge is -2.13. The average Bonchev–Trinajstić information content (AvgIpc) is 2.78. The third-order valence-corrected chi connectivity index (χ3v) is 5.74. The van der Waals surface area contributed by atoms with E-state index in [9.17, 15) is 8.42 Å². The Morgan fingerprint density at radius 1 is 1.50 bits per heavy atom. The Kier molecular flexibility index (Phi) is 4.66. The van der Waals surface area contributed by atoms with E-state index in [1.165, 1.54) is 0 Å². The molecule has 1 atom stereocenters. The Hall–Kier alpha value is -0.140. The van der Waals surface area contributed by atoms with Crippen molar-refractivity contribution in [3.05, 3.63) is 27.7 Å². The van der Waals surface area contributed by atoms with E-state index >= 15 is 0 Å². The van der Waals surface area contributed by atoms with E-state index in [0.29, 0.717) is 11.0 Å². The molecular formula is C11H14BrClN2O2S.